The minimum absolute atomic E-state index is 0.247. The lowest BCUT2D eigenvalue weighted by atomic mass is 9.82. The van der Waals surface area contributed by atoms with Crippen LogP contribution in [0.1, 0.15) is 61.9 Å². The van der Waals surface area contributed by atoms with Crippen molar-refractivity contribution in [3.63, 3.8) is 0 Å². The Morgan fingerprint density at radius 3 is 2.58 bits per heavy atom. The highest BCUT2D eigenvalue weighted by atomic mass is 16.5. The summed E-state index contributed by atoms with van der Waals surface area (Å²) in [5.74, 6) is 1.47. The molecule has 2 rings (SSSR count). The van der Waals surface area contributed by atoms with Crippen molar-refractivity contribution in [1.29, 1.82) is 0 Å². The summed E-state index contributed by atoms with van der Waals surface area (Å²) in [7, 11) is 0. The van der Waals surface area contributed by atoms with E-state index < -0.39 is 0 Å². The van der Waals surface area contributed by atoms with Gasteiger partial charge in [0.1, 0.15) is 5.75 Å². The van der Waals surface area contributed by atoms with Gasteiger partial charge in [-0.2, -0.15) is 0 Å². The van der Waals surface area contributed by atoms with E-state index in [-0.39, 0.29) is 5.92 Å². The molecule has 0 saturated heterocycles. The summed E-state index contributed by atoms with van der Waals surface area (Å²) in [6.45, 7) is 4.74. The quantitative estimate of drug-likeness (QED) is 0.733. The summed E-state index contributed by atoms with van der Waals surface area (Å²) in [6.07, 6.45) is 6.70. The van der Waals surface area contributed by atoms with Gasteiger partial charge in [-0.25, -0.2) is 0 Å². The molecule has 1 aromatic rings. The zero-order valence-electron chi connectivity index (χ0n) is 12.1. The smallest absolute Gasteiger partial charge is 0.166 e. The molecule has 0 bridgehead atoms. The fourth-order valence-electron chi connectivity index (χ4n) is 2.94. The Kier molecular flexibility index (Phi) is 5.00. The highest BCUT2D eigenvalue weighted by molar-refractivity contribution is 5.99. The number of aryl methyl sites for hydroxylation is 1. The zero-order valence-corrected chi connectivity index (χ0v) is 12.1. The van der Waals surface area contributed by atoms with Crippen LogP contribution in [0.25, 0.3) is 0 Å². The molecule has 1 fully saturated rings. The Hall–Kier alpha value is -1.31. The third kappa shape index (κ3) is 3.37. The Morgan fingerprint density at radius 1 is 1.21 bits per heavy atom. The van der Waals surface area contributed by atoms with E-state index in [1.807, 2.05) is 25.1 Å². The number of rotatable bonds is 5. The van der Waals surface area contributed by atoms with E-state index in [4.69, 9.17) is 4.74 Å². The van der Waals surface area contributed by atoms with Crippen LogP contribution in [-0.4, -0.2) is 12.4 Å². The second kappa shape index (κ2) is 6.74. The van der Waals surface area contributed by atoms with Crippen molar-refractivity contribution < 1.29 is 9.53 Å². The van der Waals surface area contributed by atoms with E-state index >= 15 is 0 Å². The van der Waals surface area contributed by atoms with Crippen LogP contribution in [0.3, 0.4) is 0 Å². The Bertz CT molecular complexity index is 431. The average molecular weight is 260 g/mol. The van der Waals surface area contributed by atoms with E-state index in [0.29, 0.717) is 12.4 Å². The van der Waals surface area contributed by atoms with Gasteiger partial charge in [0.25, 0.3) is 0 Å². The summed E-state index contributed by atoms with van der Waals surface area (Å²) < 4.78 is 5.52. The standard InChI is InChI=1S/C17H24O2/c1-3-13-12-15(19-4-2)10-11-16(13)17(18)14-8-6-5-7-9-14/h10-12,14H,3-9H2,1-2H3. The predicted octanol–water partition coefficient (Wildman–Crippen LogP) is 4.41. The Morgan fingerprint density at radius 2 is 1.95 bits per heavy atom. The molecule has 0 unspecified atom stereocenters. The maximum absolute atomic E-state index is 12.6. The summed E-state index contributed by atoms with van der Waals surface area (Å²) in [6, 6.07) is 5.92. The molecule has 0 atom stereocenters. The van der Waals surface area contributed by atoms with Crippen molar-refractivity contribution in [1.82, 2.24) is 0 Å². The molecule has 1 aromatic carbocycles. The van der Waals surface area contributed by atoms with Crippen molar-refractivity contribution >= 4 is 5.78 Å². The molecule has 1 aliphatic carbocycles. The average Bonchev–Trinajstić information content (AvgIpc) is 2.47. The van der Waals surface area contributed by atoms with Crippen molar-refractivity contribution in [3.05, 3.63) is 29.3 Å². The van der Waals surface area contributed by atoms with Crippen LogP contribution in [0.2, 0.25) is 0 Å². The molecule has 0 aliphatic heterocycles. The summed E-state index contributed by atoms with van der Waals surface area (Å²) >= 11 is 0. The first-order valence-corrected chi connectivity index (χ1v) is 7.56. The minimum atomic E-state index is 0.247. The lowest BCUT2D eigenvalue weighted by molar-refractivity contribution is 0.0888. The van der Waals surface area contributed by atoms with Crippen molar-refractivity contribution in [2.45, 2.75) is 52.4 Å². The number of benzene rings is 1. The van der Waals surface area contributed by atoms with E-state index in [0.717, 1.165) is 36.1 Å². The maximum atomic E-state index is 12.6. The molecule has 2 nitrogen and oxygen atoms in total. The maximum Gasteiger partial charge on any atom is 0.166 e. The molecule has 0 spiro atoms. The van der Waals surface area contributed by atoms with Crippen LogP contribution in [0.4, 0.5) is 0 Å². The second-order valence-corrected chi connectivity index (χ2v) is 5.30. The third-order valence-electron chi connectivity index (χ3n) is 4.01. The molecule has 19 heavy (non-hydrogen) atoms. The highest BCUT2D eigenvalue weighted by Crippen LogP contribution is 2.29. The van der Waals surface area contributed by atoms with E-state index in [9.17, 15) is 4.79 Å². The number of carbonyl (C=O) groups is 1. The van der Waals surface area contributed by atoms with Crippen LogP contribution < -0.4 is 4.74 Å². The van der Waals surface area contributed by atoms with E-state index in [1.54, 1.807) is 0 Å². The number of carbonyl (C=O) groups excluding carboxylic acids is 1. The number of ether oxygens (including phenoxy) is 1. The Labute approximate surface area is 116 Å². The number of Topliss-reactive ketones (excluding diaryl/α,β-unsaturated/α-hetero) is 1. The first-order valence-electron chi connectivity index (χ1n) is 7.56. The van der Waals surface area contributed by atoms with Crippen molar-refractivity contribution in [3.8, 4) is 5.75 Å². The first kappa shape index (κ1) is 14.1. The van der Waals surface area contributed by atoms with Crippen LogP contribution in [0, 0.1) is 5.92 Å². The summed E-state index contributed by atoms with van der Waals surface area (Å²) in [5, 5.41) is 0. The molecule has 0 amide bonds. The molecule has 104 valence electrons. The number of hydrogen-bond donors (Lipinski definition) is 0. The molecule has 0 radical (unpaired) electrons. The molecular formula is C17H24O2. The number of hydrogen-bond acceptors (Lipinski definition) is 2. The molecule has 2 heteroatoms. The van der Waals surface area contributed by atoms with Gasteiger partial charge in [0.15, 0.2) is 5.78 Å². The van der Waals surface area contributed by atoms with Gasteiger partial charge in [-0.05, 0) is 49.9 Å². The van der Waals surface area contributed by atoms with Gasteiger partial charge in [0.2, 0.25) is 0 Å². The monoisotopic (exact) mass is 260 g/mol. The van der Waals surface area contributed by atoms with Crippen LogP contribution in [0.15, 0.2) is 18.2 Å². The van der Waals surface area contributed by atoms with Gasteiger partial charge >= 0.3 is 0 Å². The van der Waals surface area contributed by atoms with Crippen LogP contribution in [-0.2, 0) is 6.42 Å². The second-order valence-electron chi connectivity index (χ2n) is 5.30. The minimum Gasteiger partial charge on any atom is -0.494 e. The fraction of sp³-hybridized carbons (Fsp3) is 0.588. The van der Waals surface area contributed by atoms with Crippen LogP contribution in [0.5, 0.6) is 5.75 Å². The fourth-order valence-corrected chi connectivity index (χ4v) is 2.94. The van der Waals surface area contributed by atoms with E-state index in [1.165, 1.54) is 19.3 Å². The zero-order chi connectivity index (χ0) is 13.7. The summed E-state index contributed by atoms with van der Waals surface area (Å²) in [5.41, 5.74) is 2.04. The normalized spacial score (nSPS) is 16.3. The topological polar surface area (TPSA) is 26.3 Å². The van der Waals surface area contributed by atoms with E-state index in [2.05, 4.69) is 6.92 Å². The Balaban J connectivity index is 2.20. The molecular weight excluding hydrogens is 236 g/mol. The SMILES string of the molecule is CCOc1ccc(C(=O)C2CCCCC2)c(CC)c1. The first-order chi connectivity index (χ1) is 9.26. The lowest BCUT2D eigenvalue weighted by Gasteiger charge is -2.21. The summed E-state index contributed by atoms with van der Waals surface area (Å²) in [4.78, 5) is 12.6. The van der Waals surface area contributed by atoms with Gasteiger partial charge in [-0.3, -0.25) is 4.79 Å². The van der Waals surface area contributed by atoms with Gasteiger partial charge in [0.05, 0.1) is 6.61 Å². The van der Waals surface area contributed by atoms with Crippen LogP contribution >= 0.6 is 0 Å². The molecule has 0 heterocycles. The van der Waals surface area contributed by atoms with Crippen molar-refractivity contribution in [2.24, 2.45) is 5.92 Å². The van der Waals surface area contributed by atoms with Gasteiger partial charge in [-0.15, -0.1) is 0 Å². The highest BCUT2D eigenvalue weighted by Gasteiger charge is 2.23. The largest absolute Gasteiger partial charge is 0.494 e. The predicted molar refractivity (Wildman–Crippen MR) is 77.9 cm³/mol. The van der Waals surface area contributed by atoms with Gasteiger partial charge < -0.3 is 4.74 Å². The van der Waals surface area contributed by atoms with Gasteiger partial charge in [-0.1, -0.05) is 26.2 Å². The molecule has 1 aliphatic rings. The number of ketones is 1. The lowest BCUT2D eigenvalue weighted by Crippen LogP contribution is -2.19. The van der Waals surface area contributed by atoms with Crippen molar-refractivity contribution in [2.75, 3.05) is 6.61 Å². The molecule has 1 saturated carbocycles. The molecule has 0 N–H and O–H groups in total. The van der Waals surface area contributed by atoms with Gasteiger partial charge in [0, 0.05) is 11.5 Å². The molecule has 0 aromatic heterocycles. The third-order valence-corrected chi connectivity index (χ3v) is 4.01.